The van der Waals surface area contributed by atoms with Crippen LogP contribution < -0.4 is 5.73 Å². The molecule has 2 rings (SSSR count). The van der Waals surface area contributed by atoms with Crippen molar-refractivity contribution < 1.29 is 0 Å². The monoisotopic (exact) mass is 223 g/mol. The Morgan fingerprint density at radius 1 is 1.33 bits per heavy atom. The predicted molar refractivity (Wildman–Crippen MR) is 67.2 cm³/mol. The SMILES string of the molecule is CCc1ccc(C(N)C2CCCCC2)s1. The van der Waals surface area contributed by atoms with Crippen LogP contribution in [0, 0.1) is 5.92 Å². The smallest absolute Gasteiger partial charge is 0.0418 e. The molecule has 2 heteroatoms. The molecule has 1 atom stereocenters. The van der Waals surface area contributed by atoms with Crippen molar-refractivity contribution in [2.75, 3.05) is 0 Å². The van der Waals surface area contributed by atoms with Crippen LogP contribution in [0.1, 0.15) is 54.8 Å². The van der Waals surface area contributed by atoms with Crippen molar-refractivity contribution in [3.8, 4) is 0 Å². The highest BCUT2D eigenvalue weighted by molar-refractivity contribution is 7.12. The highest BCUT2D eigenvalue weighted by Crippen LogP contribution is 2.35. The van der Waals surface area contributed by atoms with E-state index in [-0.39, 0.29) is 0 Å². The zero-order valence-electron chi connectivity index (χ0n) is 9.54. The van der Waals surface area contributed by atoms with Crippen molar-refractivity contribution in [2.24, 2.45) is 11.7 Å². The van der Waals surface area contributed by atoms with E-state index >= 15 is 0 Å². The van der Waals surface area contributed by atoms with Crippen LogP contribution in [0.15, 0.2) is 12.1 Å². The topological polar surface area (TPSA) is 26.0 Å². The van der Waals surface area contributed by atoms with E-state index in [0.29, 0.717) is 6.04 Å². The lowest BCUT2D eigenvalue weighted by Gasteiger charge is -2.26. The summed E-state index contributed by atoms with van der Waals surface area (Å²) in [6.07, 6.45) is 7.98. The largest absolute Gasteiger partial charge is 0.323 e. The zero-order valence-corrected chi connectivity index (χ0v) is 10.4. The number of rotatable bonds is 3. The van der Waals surface area contributed by atoms with E-state index in [2.05, 4.69) is 19.1 Å². The first-order chi connectivity index (χ1) is 7.31. The summed E-state index contributed by atoms with van der Waals surface area (Å²) < 4.78 is 0. The second kappa shape index (κ2) is 5.13. The minimum atomic E-state index is 0.301. The Morgan fingerprint density at radius 2 is 2.07 bits per heavy atom. The summed E-state index contributed by atoms with van der Waals surface area (Å²) in [5, 5.41) is 0. The first kappa shape index (κ1) is 11.2. The van der Waals surface area contributed by atoms with Gasteiger partial charge in [0.1, 0.15) is 0 Å². The second-order valence-electron chi connectivity index (χ2n) is 4.58. The standard InChI is InChI=1S/C13H21NS/c1-2-11-8-9-12(15-11)13(14)10-6-4-3-5-7-10/h8-10,13H,2-7,14H2,1H3. The lowest BCUT2D eigenvalue weighted by Crippen LogP contribution is -2.22. The molecule has 2 N–H and O–H groups in total. The Bertz CT molecular complexity index is 299. The summed E-state index contributed by atoms with van der Waals surface area (Å²) in [5.74, 6) is 0.738. The number of hydrogen-bond donors (Lipinski definition) is 1. The van der Waals surface area contributed by atoms with Gasteiger partial charge in [-0.3, -0.25) is 0 Å². The molecule has 1 nitrogen and oxygen atoms in total. The molecule has 1 fully saturated rings. The van der Waals surface area contributed by atoms with Crippen molar-refractivity contribution in [1.29, 1.82) is 0 Å². The quantitative estimate of drug-likeness (QED) is 0.826. The lowest BCUT2D eigenvalue weighted by molar-refractivity contribution is 0.311. The summed E-state index contributed by atoms with van der Waals surface area (Å²) >= 11 is 1.91. The minimum Gasteiger partial charge on any atom is -0.323 e. The van der Waals surface area contributed by atoms with Crippen LogP contribution in [0.4, 0.5) is 0 Å². The third-order valence-electron chi connectivity index (χ3n) is 3.52. The molecule has 1 aliphatic rings. The van der Waals surface area contributed by atoms with Gasteiger partial charge in [0.25, 0.3) is 0 Å². The Morgan fingerprint density at radius 3 is 2.67 bits per heavy atom. The van der Waals surface area contributed by atoms with Crippen molar-refractivity contribution in [3.05, 3.63) is 21.9 Å². The molecular formula is C13H21NS. The Hall–Kier alpha value is -0.340. The predicted octanol–water partition coefficient (Wildman–Crippen LogP) is 3.89. The van der Waals surface area contributed by atoms with Gasteiger partial charge in [0, 0.05) is 15.8 Å². The molecule has 0 saturated heterocycles. The summed E-state index contributed by atoms with van der Waals surface area (Å²) in [7, 11) is 0. The molecule has 84 valence electrons. The minimum absolute atomic E-state index is 0.301. The van der Waals surface area contributed by atoms with E-state index < -0.39 is 0 Å². The van der Waals surface area contributed by atoms with Crippen LogP contribution in [-0.2, 0) is 6.42 Å². The fourth-order valence-corrected chi connectivity index (χ4v) is 3.54. The molecule has 1 aromatic rings. The summed E-state index contributed by atoms with van der Waals surface area (Å²) in [6.45, 7) is 2.21. The lowest BCUT2D eigenvalue weighted by atomic mass is 9.84. The average Bonchev–Trinajstić information content (AvgIpc) is 2.78. The van der Waals surface area contributed by atoms with Crippen LogP contribution in [0.25, 0.3) is 0 Å². The molecular weight excluding hydrogens is 202 g/mol. The molecule has 1 aliphatic carbocycles. The molecule has 1 saturated carbocycles. The van der Waals surface area contributed by atoms with Crippen molar-refractivity contribution in [1.82, 2.24) is 0 Å². The first-order valence-electron chi connectivity index (χ1n) is 6.15. The van der Waals surface area contributed by atoms with Crippen LogP contribution in [0.3, 0.4) is 0 Å². The Balaban J connectivity index is 2.02. The van der Waals surface area contributed by atoms with Crippen molar-refractivity contribution in [2.45, 2.75) is 51.5 Å². The second-order valence-corrected chi connectivity index (χ2v) is 5.78. The number of hydrogen-bond acceptors (Lipinski definition) is 2. The average molecular weight is 223 g/mol. The maximum atomic E-state index is 6.35. The first-order valence-corrected chi connectivity index (χ1v) is 6.97. The number of aryl methyl sites for hydroxylation is 1. The maximum absolute atomic E-state index is 6.35. The van der Waals surface area contributed by atoms with Gasteiger partial charge in [-0.1, -0.05) is 26.2 Å². The van der Waals surface area contributed by atoms with Crippen LogP contribution in [0.5, 0.6) is 0 Å². The third kappa shape index (κ3) is 2.61. The molecule has 0 spiro atoms. The van der Waals surface area contributed by atoms with Crippen LogP contribution >= 0.6 is 11.3 Å². The Labute approximate surface area is 96.7 Å². The molecule has 15 heavy (non-hydrogen) atoms. The van der Waals surface area contributed by atoms with E-state index in [0.717, 1.165) is 12.3 Å². The highest BCUT2D eigenvalue weighted by Gasteiger charge is 2.22. The maximum Gasteiger partial charge on any atom is 0.0418 e. The van der Waals surface area contributed by atoms with Gasteiger partial charge in [0.15, 0.2) is 0 Å². The van der Waals surface area contributed by atoms with E-state index in [4.69, 9.17) is 5.73 Å². The van der Waals surface area contributed by atoms with Gasteiger partial charge in [-0.2, -0.15) is 0 Å². The molecule has 0 radical (unpaired) electrons. The van der Waals surface area contributed by atoms with Gasteiger partial charge in [0.05, 0.1) is 0 Å². The molecule has 1 heterocycles. The van der Waals surface area contributed by atoms with Gasteiger partial charge in [-0.05, 0) is 37.3 Å². The Kier molecular flexibility index (Phi) is 3.81. The summed E-state index contributed by atoms with van der Waals surface area (Å²) in [4.78, 5) is 2.87. The van der Waals surface area contributed by atoms with Crippen molar-refractivity contribution in [3.63, 3.8) is 0 Å². The number of thiophene rings is 1. The van der Waals surface area contributed by atoms with Gasteiger partial charge < -0.3 is 5.73 Å². The van der Waals surface area contributed by atoms with Gasteiger partial charge >= 0.3 is 0 Å². The molecule has 0 aliphatic heterocycles. The van der Waals surface area contributed by atoms with E-state index in [1.165, 1.54) is 41.9 Å². The van der Waals surface area contributed by atoms with E-state index in [1.807, 2.05) is 11.3 Å². The fraction of sp³-hybridized carbons (Fsp3) is 0.692. The third-order valence-corrected chi connectivity index (χ3v) is 4.85. The summed E-state index contributed by atoms with van der Waals surface area (Å²) in [6, 6.07) is 4.78. The molecule has 1 unspecified atom stereocenters. The summed E-state index contributed by atoms with van der Waals surface area (Å²) in [5.41, 5.74) is 6.35. The van der Waals surface area contributed by atoms with Crippen LogP contribution in [-0.4, -0.2) is 0 Å². The van der Waals surface area contributed by atoms with E-state index in [9.17, 15) is 0 Å². The van der Waals surface area contributed by atoms with Gasteiger partial charge in [-0.15, -0.1) is 11.3 Å². The van der Waals surface area contributed by atoms with E-state index in [1.54, 1.807) is 0 Å². The van der Waals surface area contributed by atoms with Crippen molar-refractivity contribution >= 4 is 11.3 Å². The molecule has 0 bridgehead atoms. The van der Waals surface area contributed by atoms with Gasteiger partial charge in [0.2, 0.25) is 0 Å². The molecule has 0 amide bonds. The van der Waals surface area contributed by atoms with Gasteiger partial charge in [-0.25, -0.2) is 0 Å². The molecule has 0 aromatic carbocycles. The fourth-order valence-electron chi connectivity index (χ4n) is 2.49. The molecule has 1 aromatic heterocycles. The van der Waals surface area contributed by atoms with Crippen LogP contribution in [0.2, 0.25) is 0 Å². The zero-order chi connectivity index (χ0) is 10.7. The normalized spacial score (nSPS) is 20.4. The highest BCUT2D eigenvalue weighted by atomic mass is 32.1. The number of nitrogens with two attached hydrogens (primary N) is 1.